The molecule has 0 unspecified atom stereocenters. The fraction of sp³-hybridized carbons (Fsp3) is 0.708. The Hall–Kier alpha value is -0.960. The van der Waals surface area contributed by atoms with Crippen LogP contribution in [0.25, 0.3) is 0 Å². The predicted molar refractivity (Wildman–Crippen MR) is 116 cm³/mol. The molecule has 1 aliphatic rings. The molecule has 1 aliphatic carbocycles. The molecular formula is C24H38O2S. The summed E-state index contributed by atoms with van der Waals surface area (Å²) < 4.78 is 13.9. The molecule has 1 saturated carbocycles. The molecule has 1 aromatic carbocycles. The zero-order chi connectivity index (χ0) is 20.7. The summed E-state index contributed by atoms with van der Waals surface area (Å²) in [6, 6.07) is 4.47. The fourth-order valence-corrected chi connectivity index (χ4v) is 6.73. The van der Waals surface area contributed by atoms with Gasteiger partial charge >= 0.3 is 0 Å². The Kier molecular flexibility index (Phi) is 6.77. The fourth-order valence-electron chi connectivity index (χ4n) is 4.22. The van der Waals surface area contributed by atoms with E-state index in [0.717, 1.165) is 22.4 Å². The molecule has 0 spiro atoms. The Morgan fingerprint density at radius 2 is 1.41 bits per heavy atom. The minimum absolute atomic E-state index is 0.0135. The molecule has 0 heterocycles. The van der Waals surface area contributed by atoms with Crippen LogP contribution in [0.3, 0.4) is 0 Å². The third-order valence-corrected chi connectivity index (χ3v) is 7.93. The highest BCUT2D eigenvalue weighted by Crippen LogP contribution is 2.44. The smallest absolute Gasteiger partial charge is 0.149 e. The number of ketones is 1. The van der Waals surface area contributed by atoms with Crippen LogP contribution in [0.15, 0.2) is 17.0 Å². The van der Waals surface area contributed by atoms with E-state index in [1.54, 1.807) is 0 Å². The molecule has 0 saturated heterocycles. The van der Waals surface area contributed by atoms with Crippen molar-refractivity contribution in [3.63, 3.8) is 0 Å². The number of hydrogen-bond acceptors (Lipinski definition) is 2. The highest BCUT2D eigenvalue weighted by Gasteiger charge is 2.46. The van der Waals surface area contributed by atoms with Gasteiger partial charge in [-0.25, -0.2) is 0 Å². The molecule has 2 nitrogen and oxygen atoms in total. The number of benzene rings is 1. The quantitative estimate of drug-likeness (QED) is 0.570. The summed E-state index contributed by atoms with van der Waals surface area (Å²) in [6.07, 6.45) is 1.42. The first-order valence-corrected chi connectivity index (χ1v) is 11.7. The molecule has 0 N–H and O–H groups in total. The van der Waals surface area contributed by atoms with E-state index in [1.807, 2.05) is 0 Å². The molecule has 2 rings (SSSR count). The van der Waals surface area contributed by atoms with Crippen molar-refractivity contribution in [2.75, 3.05) is 0 Å². The van der Waals surface area contributed by atoms with Gasteiger partial charge in [0.25, 0.3) is 0 Å². The highest BCUT2D eigenvalue weighted by molar-refractivity contribution is 7.86. The Labute approximate surface area is 169 Å². The van der Waals surface area contributed by atoms with Crippen LogP contribution in [0, 0.1) is 11.3 Å². The van der Waals surface area contributed by atoms with Gasteiger partial charge < -0.3 is 0 Å². The third-order valence-electron chi connectivity index (χ3n) is 6.01. The molecule has 152 valence electrons. The maximum absolute atomic E-state index is 13.9. The van der Waals surface area contributed by atoms with E-state index in [-0.39, 0.29) is 34.2 Å². The number of Topliss-reactive ketones (excluding diaryl/α,β-unsaturated/α-hetero) is 1. The summed E-state index contributed by atoms with van der Waals surface area (Å²) in [5.74, 6) is 1.36. The average molecular weight is 391 g/mol. The lowest BCUT2D eigenvalue weighted by Crippen LogP contribution is -2.35. The van der Waals surface area contributed by atoms with E-state index in [4.69, 9.17) is 0 Å². The van der Waals surface area contributed by atoms with Gasteiger partial charge in [-0.05, 0) is 52.2 Å². The van der Waals surface area contributed by atoms with Crippen molar-refractivity contribution >= 4 is 16.6 Å². The Morgan fingerprint density at radius 3 is 1.78 bits per heavy atom. The van der Waals surface area contributed by atoms with Crippen molar-refractivity contribution in [1.82, 2.24) is 0 Å². The second-order valence-corrected chi connectivity index (χ2v) is 11.7. The third kappa shape index (κ3) is 4.55. The lowest BCUT2D eigenvalue weighted by atomic mass is 9.79. The maximum Gasteiger partial charge on any atom is 0.149 e. The van der Waals surface area contributed by atoms with Gasteiger partial charge in [0, 0.05) is 11.3 Å². The standard InChI is InChI=1S/C24H38O2S/c1-14(2)17-12-18(15(3)4)22(19(13-17)16(5)6)27(26)23-20(24(7,8)9)10-11-21(23)25/h12-16,20,23H,10-11H2,1-9H3/t20-,23+,27-/m0/s1. The molecule has 0 aliphatic heterocycles. The SMILES string of the molecule is CC(C)c1cc(C(C)C)c([S@](=O)[C@H]2C(=O)CC[C@@H]2C(C)(C)C)c(C(C)C)c1. The van der Waals surface area contributed by atoms with Crippen LogP contribution in [-0.2, 0) is 15.6 Å². The first kappa shape index (κ1) is 22.3. The van der Waals surface area contributed by atoms with Gasteiger partial charge in [0.2, 0.25) is 0 Å². The maximum atomic E-state index is 13.9. The van der Waals surface area contributed by atoms with Crippen LogP contribution in [0.4, 0.5) is 0 Å². The second-order valence-electron chi connectivity index (χ2n) is 10.2. The zero-order valence-corrected chi connectivity index (χ0v) is 19.5. The zero-order valence-electron chi connectivity index (χ0n) is 18.7. The lowest BCUT2D eigenvalue weighted by Gasteiger charge is -2.32. The van der Waals surface area contributed by atoms with Crippen molar-refractivity contribution in [3.05, 3.63) is 28.8 Å². The number of carbonyl (C=O) groups is 1. The summed E-state index contributed by atoms with van der Waals surface area (Å²) in [4.78, 5) is 13.7. The molecule has 1 fully saturated rings. The molecule has 27 heavy (non-hydrogen) atoms. The molecule has 0 aromatic heterocycles. The molecule has 0 bridgehead atoms. The van der Waals surface area contributed by atoms with Gasteiger partial charge in [0.15, 0.2) is 0 Å². The van der Waals surface area contributed by atoms with E-state index in [0.29, 0.717) is 12.3 Å². The van der Waals surface area contributed by atoms with Crippen LogP contribution < -0.4 is 0 Å². The summed E-state index contributed by atoms with van der Waals surface area (Å²) >= 11 is 0. The summed E-state index contributed by atoms with van der Waals surface area (Å²) in [6.45, 7) is 19.6. The van der Waals surface area contributed by atoms with Gasteiger partial charge in [0.05, 0.1) is 10.8 Å². The second kappa shape index (κ2) is 8.19. The van der Waals surface area contributed by atoms with Gasteiger partial charge in [0.1, 0.15) is 11.0 Å². The molecule has 0 amide bonds. The van der Waals surface area contributed by atoms with E-state index in [9.17, 15) is 9.00 Å². The monoisotopic (exact) mass is 390 g/mol. The van der Waals surface area contributed by atoms with Crippen LogP contribution in [-0.4, -0.2) is 15.2 Å². The van der Waals surface area contributed by atoms with Crippen molar-refractivity contribution in [2.24, 2.45) is 11.3 Å². The van der Waals surface area contributed by atoms with Crippen molar-refractivity contribution in [2.45, 2.75) is 103 Å². The van der Waals surface area contributed by atoms with E-state index in [1.165, 1.54) is 5.56 Å². The molecule has 1 aromatic rings. The van der Waals surface area contributed by atoms with E-state index >= 15 is 0 Å². The van der Waals surface area contributed by atoms with Gasteiger partial charge in [-0.1, -0.05) is 74.4 Å². The Morgan fingerprint density at radius 1 is 0.926 bits per heavy atom. The van der Waals surface area contributed by atoms with Gasteiger partial charge in [-0.3, -0.25) is 9.00 Å². The van der Waals surface area contributed by atoms with Crippen molar-refractivity contribution in [3.8, 4) is 0 Å². The van der Waals surface area contributed by atoms with Crippen LogP contribution in [0.1, 0.15) is 110 Å². The first-order valence-electron chi connectivity index (χ1n) is 10.5. The Bertz CT molecular complexity index is 693. The lowest BCUT2D eigenvalue weighted by molar-refractivity contribution is -0.117. The summed E-state index contributed by atoms with van der Waals surface area (Å²) in [5, 5.41) is -0.370. The Balaban J connectivity index is 2.68. The number of hydrogen-bond donors (Lipinski definition) is 0. The topological polar surface area (TPSA) is 34.1 Å². The molecule has 0 radical (unpaired) electrons. The van der Waals surface area contributed by atoms with E-state index in [2.05, 4.69) is 74.4 Å². The molecule has 3 atom stereocenters. The highest BCUT2D eigenvalue weighted by atomic mass is 32.2. The summed E-state index contributed by atoms with van der Waals surface area (Å²) in [7, 11) is -1.30. The minimum atomic E-state index is -1.30. The number of rotatable bonds is 5. The largest absolute Gasteiger partial charge is 0.298 e. The first-order chi connectivity index (χ1) is 12.4. The number of carbonyl (C=O) groups excluding carboxylic acids is 1. The van der Waals surface area contributed by atoms with Crippen LogP contribution in [0.5, 0.6) is 0 Å². The normalized spacial score (nSPS) is 22.3. The van der Waals surface area contributed by atoms with Gasteiger partial charge in [-0.15, -0.1) is 0 Å². The average Bonchev–Trinajstić information content (AvgIpc) is 2.94. The predicted octanol–water partition coefficient (Wildman–Crippen LogP) is 6.56. The van der Waals surface area contributed by atoms with Crippen molar-refractivity contribution in [1.29, 1.82) is 0 Å². The molecular weight excluding hydrogens is 352 g/mol. The van der Waals surface area contributed by atoms with E-state index < -0.39 is 10.8 Å². The molecule has 3 heteroatoms. The van der Waals surface area contributed by atoms with Crippen LogP contribution in [0.2, 0.25) is 0 Å². The van der Waals surface area contributed by atoms with Gasteiger partial charge in [-0.2, -0.15) is 0 Å². The van der Waals surface area contributed by atoms with Crippen LogP contribution >= 0.6 is 0 Å². The minimum Gasteiger partial charge on any atom is -0.298 e. The summed E-state index contributed by atoms with van der Waals surface area (Å²) in [5.41, 5.74) is 3.61. The van der Waals surface area contributed by atoms with Crippen molar-refractivity contribution < 1.29 is 9.00 Å².